The topological polar surface area (TPSA) is 72.2 Å². The Bertz CT molecular complexity index is 766. The van der Waals surface area contributed by atoms with Crippen LogP contribution < -0.4 is 10.5 Å². The smallest absolute Gasteiger partial charge is 0.264 e. The summed E-state index contributed by atoms with van der Waals surface area (Å²) in [4.78, 5) is -0.633. The molecule has 0 unspecified atom stereocenters. The van der Waals surface area contributed by atoms with Gasteiger partial charge in [0, 0.05) is 5.69 Å². The summed E-state index contributed by atoms with van der Waals surface area (Å²) in [5.41, 5.74) is 5.05. The van der Waals surface area contributed by atoms with Gasteiger partial charge in [0.2, 0.25) is 0 Å². The van der Waals surface area contributed by atoms with E-state index in [1.165, 1.54) is 24.3 Å². The molecule has 0 spiro atoms. The number of nitrogen functional groups attached to an aromatic ring is 1. The second kappa shape index (κ2) is 5.26. The molecule has 0 aliphatic heterocycles. The molecular weight excluding hydrogens is 310 g/mol. The summed E-state index contributed by atoms with van der Waals surface area (Å²) in [6.45, 7) is 0. The quantitative estimate of drug-likeness (QED) is 0.854. The fourth-order valence-corrected chi connectivity index (χ4v) is 2.81. The zero-order valence-corrected chi connectivity index (χ0v) is 11.5. The number of anilines is 2. The third-order valence-electron chi connectivity index (χ3n) is 2.44. The summed E-state index contributed by atoms with van der Waals surface area (Å²) in [5.74, 6) is -1.96. The zero-order chi connectivity index (χ0) is 14.9. The van der Waals surface area contributed by atoms with Crippen molar-refractivity contribution in [2.45, 2.75) is 4.90 Å². The number of sulfonamides is 1. The van der Waals surface area contributed by atoms with Crippen LogP contribution >= 0.6 is 11.6 Å². The van der Waals surface area contributed by atoms with Crippen molar-refractivity contribution in [1.29, 1.82) is 0 Å². The minimum atomic E-state index is -4.28. The molecule has 8 heteroatoms. The van der Waals surface area contributed by atoms with Crippen molar-refractivity contribution < 1.29 is 17.2 Å². The van der Waals surface area contributed by atoms with Crippen LogP contribution in [-0.4, -0.2) is 8.42 Å². The van der Waals surface area contributed by atoms with Gasteiger partial charge < -0.3 is 5.73 Å². The van der Waals surface area contributed by atoms with E-state index in [-0.39, 0.29) is 16.4 Å². The van der Waals surface area contributed by atoms with Crippen molar-refractivity contribution in [3.8, 4) is 0 Å². The van der Waals surface area contributed by atoms with Crippen molar-refractivity contribution in [3.63, 3.8) is 0 Å². The predicted molar refractivity (Wildman–Crippen MR) is 73.0 cm³/mol. The lowest BCUT2D eigenvalue weighted by Crippen LogP contribution is -2.15. The highest BCUT2D eigenvalue weighted by molar-refractivity contribution is 7.92. The highest BCUT2D eigenvalue weighted by Crippen LogP contribution is 2.25. The molecular formula is C12H9ClF2N2O2S. The molecule has 0 atom stereocenters. The Morgan fingerprint density at radius 2 is 1.85 bits per heavy atom. The number of halogens is 3. The molecule has 2 aromatic carbocycles. The Balaban J connectivity index is 2.44. The Hall–Kier alpha value is -1.86. The molecule has 3 N–H and O–H groups in total. The molecule has 0 radical (unpaired) electrons. The lowest BCUT2D eigenvalue weighted by Gasteiger charge is -2.10. The van der Waals surface area contributed by atoms with Gasteiger partial charge in [0.05, 0.1) is 10.7 Å². The van der Waals surface area contributed by atoms with Crippen LogP contribution in [0.25, 0.3) is 0 Å². The van der Waals surface area contributed by atoms with Gasteiger partial charge in [0.15, 0.2) is 5.82 Å². The molecule has 0 saturated heterocycles. The summed E-state index contributed by atoms with van der Waals surface area (Å²) >= 11 is 5.54. The van der Waals surface area contributed by atoms with E-state index in [0.717, 1.165) is 12.1 Å². The minimum absolute atomic E-state index is 0.0791. The van der Waals surface area contributed by atoms with Gasteiger partial charge in [-0.05, 0) is 30.3 Å². The largest absolute Gasteiger partial charge is 0.399 e. The highest BCUT2D eigenvalue weighted by Gasteiger charge is 2.21. The summed E-state index contributed by atoms with van der Waals surface area (Å²) in [6, 6.07) is 6.89. The summed E-state index contributed by atoms with van der Waals surface area (Å²) in [6.07, 6.45) is 0. The zero-order valence-electron chi connectivity index (χ0n) is 9.90. The maximum atomic E-state index is 13.6. The van der Waals surface area contributed by atoms with Gasteiger partial charge in [-0.1, -0.05) is 17.7 Å². The molecule has 0 bridgehead atoms. The van der Waals surface area contributed by atoms with Crippen LogP contribution in [0.15, 0.2) is 41.3 Å². The number of nitrogens with two attached hydrogens (primary N) is 1. The fourth-order valence-electron chi connectivity index (χ4n) is 1.52. The van der Waals surface area contributed by atoms with Crippen molar-refractivity contribution >= 4 is 33.0 Å². The number of hydrogen-bond donors (Lipinski definition) is 2. The Morgan fingerprint density at radius 3 is 2.50 bits per heavy atom. The number of nitrogens with one attached hydrogen (secondary N) is 1. The van der Waals surface area contributed by atoms with Gasteiger partial charge in [0.25, 0.3) is 10.0 Å². The van der Waals surface area contributed by atoms with E-state index in [1.54, 1.807) is 0 Å². The first-order valence-corrected chi connectivity index (χ1v) is 7.19. The number of benzene rings is 2. The van der Waals surface area contributed by atoms with E-state index in [1.807, 2.05) is 4.72 Å². The molecule has 2 aromatic rings. The van der Waals surface area contributed by atoms with Gasteiger partial charge >= 0.3 is 0 Å². The second-order valence-electron chi connectivity index (χ2n) is 3.90. The second-order valence-corrected chi connectivity index (χ2v) is 5.95. The monoisotopic (exact) mass is 318 g/mol. The molecule has 2 rings (SSSR count). The van der Waals surface area contributed by atoms with Crippen LogP contribution in [-0.2, 0) is 10.0 Å². The van der Waals surface area contributed by atoms with Crippen LogP contribution in [0, 0.1) is 11.6 Å². The molecule has 0 heterocycles. The first kappa shape index (κ1) is 14.5. The third-order valence-corrected chi connectivity index (χ3v) is 4.13. The van der Waals surface area contributed by atoms with E-state index in [4.69, 9.17) is 17.3 Å². The van der Waals surface area contributed by atoms with Crippen LogP contribution in [0.5, 0.6) is 0 Å². The molecule has 0 aromatic heterocycles. The van der Waals surface area contributed by atoms with Gasteiger partial charge in [-0.25, -0.2) is 17.2 Å². The van der Waals surface area contributed by atoms with Crippen molar-refractivity contribution in [3.05, 3.63) is 53.1 Å². The van der Waals surface area contributed by atoms with Crippen LogP contribution in [0.1, 0.15) is 0 Å². The van der Waals surface area contributed by atoms with Crippen LogP contribution in [0.4, 0.5) is 20.2 Å². The van der Waals surface area contributed by atoms with Crippen LogP contribution in [0.3, 0.4) is 0 Å². The van der Waals surface area contributed by atoms with E-state index in [2.05, 4.69) is 0 Å². The van der Waals surface area contributed by atoms with E-state index in [0.29, 0.717) is 0 Å². The molecule has 20 heavy (non-hydrogen) atoms. The van der Waals surface area contributed by atoms with E-state index >= 15 is 0 Å². The number of rotatable bonds is 3. The standard InChI is InChI=1S/C12H9ClF2N2O2S/c13-8-2-1-3-10(12(8)15)17-20(18,19)11-5-4-7(16)6-9(11)14/h1-6,17H,16H2. The van der Waals surface area contributed by atoms with Crippen molar-refractivity contribution in [1.82, 2.24) is 0 Å². The molecule has 0 aliphatic carbocycles. The Morgan fingerprint density at radius 1 is 1.15 bits per heavy atom. The third kappa shape index (κ3) is 2.83. The molecule has 0 aliphatic rings. The normalized spacial score (nSPS) is 11.3. The summed E-state index contributed by atoms with van der Waals surface area (Å²) in [7, 11) is -4.28. The Labute approximate surface area is 119 Å². The molecule has 0 fully saturated rings. The van der Waals surface area contributed by atoms with Gasteiger partial charge in [0.1, 0.15) is 10.7 Å². The first-order valence-electron chi connectivity index (χ1n) is 5.33. The SMILES string of the molecule is Nc1ccc(S(=O)(=O)Nc2cccc(Cl)c2F)c(F)c1. The Kier molecular flexibility index (Phi) is 3.82. The lowest BCUT2D eigenvalue weighted by atomic mass is 10.3. The van der Waals surface area contributed by atoms with Crippen molar-refractivity contribution in [2.75, 3.05) is 10.5 Å². The maximum Gasteiger partial charge on any atom is 0.264 e. The van der Waals surface area contributed by atoms with Crippen molar-refractivity contribution in [2.24, 2.45) is 0 Å². The first-order chi connectivity index (χ1) is 9.31. The minimum Gasteiger partial charge on any atom is -0.399 e. The van der Waals surface area contributed by atoms with Gasteiger partial charge in [-0.2, -0.15) is 0 Å². The molecule has 106 valence electrons. The highest BCUT2D eigenvalue weighted by atomic mass is 35.5. The summed E-state index contributed by atoms with van der Waals surface area (Å²) in [5, 5.41) is -0.247. The van der Waals surface area contributed by atoms with Gasteiger partial charge in [-0.3, -0.25) is 4.72 Å². The lowest BCUT2D eigenvalue weighted by molar-refractivity contribution is 0.570. The van der Waals surface area contributed by atoms with E-state index < -0.39 is 26.6 Å². The average Bonchev–Trinajstić information content (AvgIpc) is 2.34. The van der Waals surface area contributed by atoms with E-state index in [9.17, 15) is 17.2 Å². The average molecular weight is 319 g/mol. The molecule has 0 amide bonds. The maximum absolute atomic E-state index is 13.6. The summed E-state index contributed by atoms with van der Waals surface area (Å²) < 4.78 is 53.2. The molecule has 4 nitrogen and oxygen atoms in total. The molecule has 0 saturated carbocycles. The number of hydrogen-bond acceptors (Lipinski definition) is 3. The predicted octanol–water partition coefficient (Wildman–Crippen LogP) is 3.00. The fraction of sp³-hybridized carbons (Fsp3) is 0. The van der Waals surface area contributed by atoms with Crippen LogP contribution in [0.2, 0.25) is 5.02 Å². The van der Waals surface area contributed by atoms with Gasteiger partial charge in [-0.15, -0.1) is 0 Å².